The fraction of sp³-hybridized carbons (Fsp3) is 0.571. The largest absolute Gasteiger partial charge is 0.481 e. The summed E-state index contributed by atoms with van der Waals surface area (Å²) in [6.07, 6.45) is 4.94. The molecule has 1 aromatic rings. The quantitative estimate of drug-likeness (QED) is 0.915. The molecule has 1 fully saturated rings. The van der Waals surface area contributed by atoms with Crippen LogP contribution in [0.15, 0.2) is 23.0 Å². The van der Waals surface area contributed by atoms with E-state index < -0.39 is 5.97 Å². The van der Waals surface area contributed by atoms with E-state index >= 15 is 0 Å². The molecule has 0 unspecified atom stereocenters. The zero-order chi connectivity index (χ0) is 14.5. The molecule has 6 nitrogen and oxygen atoms in total. The number of rotatable bonds is 4. The van der Waals surface area contributed by atoms with Gasteiger partial charge in [-0.25, -0.2) is 4.79 Å². The molecule has 0 aromatic carbocycles. The number of furan rings is 1. The van der Waals surface area contributed by atoms with Gasteiger partial charge in [-0.05, 0) is 24.8 Å². The van der Waals surface area contributed by atoms with E-state index in [0.717, 1.165) is 18.4 Å². The van der Waals surface area contributed by atoms with E-state index in [1.807, 2.05) is 6.07 Å². The van der Waals surface area contributed by atoms with Crippen molar-refractivity contribution < 1.29 is 19.1 Å². The molecule has 1 aliphatic rings. The monoisotopic (exact) mass is 280 g/mol. The number of carbonyl (C=O) groups excluding carboxylic acids is 1. The maximum Gasteiger partial charge on any atom is 0.320 e. The summed E-state index contributed by atoms with van der Waals surface area (Å²) in [7, 11) is 1.76. The number of urea groups is 1. The van der Waals surface area contributed by atoms with Gasteiger partial charge in [0.2, 0.25) is 0 Å². The van der Waals surface area contributed by atoms with Crippen molar-refractivity contribution in [1.29, 1.82) is 0 Å². The highest BCUT2D eigenvalue weighted by Crippen LogP contribution is 2.21. The molecule has 0 radical (unpaired) electrons. The van der Waals surface area contributed by atoms with Crippen LogP contribution in [-0.4, -0.2) is 47.0 Å². The van der Waals surface area contributed by atoms with Gasteiger partial charge in [0.1, 0.15) is 0 Å². The van der Waals surface area contributed by atoms with Crippen LogP contribution in [0.2, 0.25) is 0 Å². The second kappa shape index (κ2) is 6.45. The lowest BCUT2D eigenvalue weighted by Gasteiger charge is -2.34. The summed E-state index contributed by atoms with van der Waals surface area (Å²) in [5.41, 5.74) is 0.960. The van der Waals surface area contributed by atoms with Crippen LogP contribution < -0.4 is 0 Å². The van der Waals surface area contributed by atoms with Crippen LogP contribution in [0, 0.1) is 5.92 Å². The van der Waals surface area contributed by atoms with Gasteiger partial charge in [0.05, 0.1) is 19.1 Å². The van der Waals surface area contributed by atoms with Gasteiger partial charge in [-0.2, -0.15) is 0 Å². The molecule has 0 spiro atoms. The molecule has 1 aromatic heterocycles. The first-order valence-electron chi connectivity index (χ1n) is 6.79. The zero-order valence-electron chi connectivity index (χ0n) is 11.6. The minimum Gasteiger partial charge on any atom is -0.481 e. The highest BCUT2D eigenvalue weighted by Gasteiger charge is 2.26. The predicted molar refractivity (Wildman–Crippen MR) is 72.1 cm³/mol. The van der Waals surface area contributed by atoms with Gasteiger partial charge in [0.25, 0.3) is 0 Å². The van der Waals surface area contributed by atoms with Crippen molar-refractivity contribution in [3.8, 4) is 0 Å². The Bertz CT molecular complexity index is 450. The number of piperidine rings is 1. The van der Waals surface area contributed by atoms with Crippen LogP contribution in [0.4, 0.5) is 4.79 Å². The van der Waals surface area contributed by atoms with Crippen LogP contribution in [0.5, 0.6) is 0 Å². The lowest BCUT2D eigenvalue weighted by atomic mass is 9.94. The van der Waals surface area contributed by atoms with Gasteiger partial charge in [0, 0.05) is 32.1 Å². The fourth-order valence-electron chi connectivity index (χ4n) is 2.54. The topological polar surface area (TPSA) is 74.0 Å². The number of amides is 2. The molecular formula is C14H20N2O4. The van der Waals surface area contributed by atoms with E-state index in [2.05, 4.69) is 0 Å². The number of carboxylic acids is 1. The van der Waals surface area contributed by atoms with E-state index in [0.29, 0.717) is 19.6 Å². The lowest BCUT2D eigenvalue weighted by Crippen LogP contribution is -2.45. The molecule has 0 saturated carbocycles. The average molecular weight is 280 g/mol. The number of hydrogen-bond acceptors (Lipinski definition) is 3. The van der Waals surface area contributed by atoms with Gasteiger partial charge in [-0.3, -0.25) is 4.79 Å². The summed E-state index contributed by atoms with van der Waals surface area (Å²) in [6.45, 7) is 1.78. The highest BCUT2D eigenvalue weighted by molar-refractivity contribution is 5.74. The molecule has 2 amide bonds. The average Bonchev–Trinajstić information content (AvgIpc) is 2.91. The third kappa shape index (κ3) is 3.76. The number of likely N-dealkylation sites (tertiary alicyclic amines) is 1. The summed E-state index contributed by atoms with van der Waals surface area (Å²) < 4.78 is 4.98. The van der Waals surface area contributed by atoms with Crippen LogP contribution in [0.1, 0.15) is 24.8 Å². The number of carbonyl (C=O) groups is 2. The molecular weight excluding hydrogens is 260 g/mol. The summed E-state index contributed by atoms with van der Waals surface area (Å²) in [4.78, 5) is 26.4. The smallest absolute Gasteiger partial charge is 0.320 e. The standard InChI is InChI=1S/C14H20N2O4/c1-15(9-12-4-7-20-10-12)14(19)16-5-2-11(3-6-16)8-13(17)18/h4,7,10-11H,2-3,5-6,8-9H2,1H3,(H,17,18). The molecule has 2 rings (SSSR count). The first-order chi connectivity index (χ1) is 9.56. The van der Waals surface area contributed by atoms with E-state index in [9.17, 15) is 9.59 Å². The van der Waals surface area contributed by atoms with Crippen molar-refractivity contribution in [2.75, 3.05) is 20.1 Å². The Morgan fingerprint density at radius 2 is 2.15 bits per heavy atom. The summed E-state index contributed by atoms with van der Waals surface area (Å²) in [5.74, 6) is -0.567. The third-order valence-corrected chi connectivity index (χ3v) is 3.67. The molecule has 0 atom stereocenters. The highest BCUT2D eigenvalue weighted by atomic mass is 16.4. The van der Waals surface area contributed by atoms with Gasteiger partial charge in [-0.1, -0.05) is 0 Å². The van der Waals surface area contributed by atoms with Crippen molar-refractivity contribution >= 4 is 12.0 Å². The number of nitrogens with zero attached hydrogens (tertiary/aromatic N) is 2. The van der Waals surface area contributed by atoms with Gasteiger partial charge in [0.15, 0.2) is 0 Å². The molecule has 2 heterocycles. The Kier molecular flexibility index (Phi) is 4.65. The minimum absolute atomic E-state index is 0.0139. The Balaban J connectivity index is 1.80. The Morgan fingerprint density at radius 1 is 1.45 bits per heavy atom. The van der Waals surface area contributed by atoms with Crippen LogP contribution in [-0.2, 0) is 11.3 Å². The molecule has 6 heteroatoms. The zero-order valence-corrected chi connectivity index (χ0v) is 11.6. The maximum absolute atomic E-state index is 12.3. The van der Waals surface area contributed by atoms with Gasteiger partial charge < -0.3 is 19.3 Å². The number of aliphatic carboxylic acids is 1. The van der Waals surface area contributed by atoms with E-state index in [4.69, 9.17) is 9.52 Å². The van der Waals surface area contributed by atoms with Crippen molar-refractivity contribution in [1.82, 2.24) is 9.80 Å². The second-order valence-corrected chi connectivity index (χ2v) is 5.30. The van der Waals surface area contributed by atoms with Gasteiger partial charge >= 0.3 is 12.0 Å². The summed E-state index contributed by atoms with van der Waals surface area (Å²) >= 11 is 0. The normalized spacial score (nSPS) is 16.1. The van der Waals surface area contributed by atoms with E-state index in [-0.39, 0.29) is 18.4 Å². The molecule has 1 saturated heterocycles. The van der Waals surface area contributed by atoms with E-state index in [1.54, 1.807) is 29.4 Å². The molecule has 0 aliphatic carbocycles. The maximum atomic E-state index is 12.3. The first kappa shape index (κ1) is 14.4. The van der Waals surface area contributed by atoms with E-state index in [1.165, 1.54) is 0 Å². The Morgan fingerprint density at radius 3 is 2.70 bits per heavy atom. The van der Waals surface area contributed by atoms with Crippen LogP contribution >= 0.6 is 0 Å². The summed E-state index contributed by atoms with van der Waals surface area (Å²) in [5, 5.41) is 8.78. The molecule has 1 aliphatic heterocycles. The number of hydrogen-bond donors (Lipinski definition) is 1. The molecule has 0 bridgehead atoms. The SMILES string of the molecule is CN(Cc1ccoc1)C(=O)N1CCC(CC(=O)O)CC1. The lowest BCUT2D eigenvalue weighted by molar-refractivity contribution is -0.138. The van der Waals surface area contributed by atoms with Crippen LogP contribution in [0.25, 0.3) is 0 Å². The minimum atomic E-state index is -0.758. The Labute approximate surface area is 118 Å². The predicted octanol–water partition coefficient (Wildman–Crippen LogP) is 2.02. The third-order valence-electron chi connectivity index (χ3n) is 3.67. The number of carboxylic acid groups (broad SMARTS) is 1. The first-order valence-corrected chi connectivity index (χ1v) is 6.79. The van der Waals surface area contributed by atoms with Gasteiger partial charge in [-0.15, -0.1) is 0 Å². The molecule has 1 N–H and O–H groups in total. The molecule has 20 heavy (non-hydrogen) atoms. The van der Waals surface area contributed by atoms with Crippen molar-refractivity contribution in [3.05, 3.63) is 24.2 Å². The fourth-order valence-corrected chi connectivity index (χ4v) is 2.54. The summed E-state index contributed by atoms with van der Waals surface area (Å²) in [6, 6.07) is 1.82. The Hall–Kier alpha value is -1.98. The van der Waals surface area contributed by atoms with Crippen molar-refractivity contribution in [3.63, 3.8) is 0 Å². The van der Waals surface area contributed by atoms with Crippen molar-refractivity contribution in [2.24, 2.45) is 5.92 Å². The second-order valence-electron chi connectivity index (χ2n) is 5.30. The van der Waals surface area contributed by atoms with Crippen molar-refractivity contribution in [2.45, 2.75) is 25.8 Å². The van der Waals surface area contributed by atoms with Crippen LogP contribution in [0.3, 0.4) is 0 Å². The molecule has 110 valence electrons.